The van der Waals surface area contributed by atoms with Crippen molar-refractivity contribution in [1.29, 1.82) is 0 Å². The fraction of sp³-hybridized carbons (Fsp3) is 0.286. The van der Waals surface area contributed by atoms with Crippen LogP contribution in [0.2, 0.25) is 0 Å². The zero-order valence-corrected chi connectivity index (χ0v) is 16.1. The Labute approximate surface area is 165 Å². The summed E-state index contributed by atoms with van der Waals surface area (Å²) >= 11 is 0. The number of rotatable bonds is 6. The van der Waals surface area contributed by atoms with Gasteiger partial charge in [0.1, 0.15) is 12.4 Å². The van der Waals surface area contributed by atoms with E-state index in [1.54, 1.807) is 44.2 Å². The second-order valence-electron chi connectivity index (χ2n) is 6.63. The summed E-state index contributed by atoms with van der Waals surface area (Å²) in [5.74, 6) is -0.532. The number of carbonyl (C=O) groups excluding carboxylic acids is 1. The van der Waals surface area contributed by atoms with Gasteiger partial charge in [-0.15, -0.1) is 0 Å². The maximum atomic E-state index is 13.6. The number of methoxy groups -OCH3 is 1. The van der Waals surface area contributed by atoms with E-state index in [0.29, 0.717) is 10.9 Å². The molecule has 0 spiro atoms. The minimum Gasteiger partial charge on any atom is -0.491 e. The summed E-state index contributed by atoms with van der Waals surface area (Å²) in [4.78, 5) is 17.7. The first kappa shape index (κ1) is 20.6. The van der Waals surface area contributed by atoms with Crippen LogP contribution in [0.3, 0.4) is 0 Å². The van der Waals surface area contributed by atoms with E-state index < -0.39 is 24.3 Å². The molecular weight excluding hydrogens is 387 g/mol. The smallest absolute Gasteiger partial charge is 0.416 e. The lowest BCUT2D eigenvalue weighted by atomic mass is 10.1. The number of alkyl halides is 3. The minimum absolute atomic E-state index is 0.0813. The van der Waals surface area contributed by atoms with E-state index in [0.717, 1.165) is 6.07 Å². The Morgan fingerprint density at radius 1 is 1.10 bits per heavy atom. The van der Waals surface area contributed by atoms with Gasteiger partial charge in [-0.25, -0.2) is 4.79 Å². The standard InChI is InChI=1S/C21H20F3NO4/c1-13(2)29-16-9-8-15(17(11-16)21(22,23)24)12-28-25-18-7-5-4-6-14(18)10-19(25)20(26)27-3/h4-11,13H,12H2,1-3H3. The molecule has 0 bridgehead atoms. The van der Waals surface area contributed by atoms with E-state index in [1.807, 2.05) is 0 Å². The molecule has 29 heavy (non-hydrogen) atoms. The van der Waals surface area contributed by atoms with Gasteiger partial charge in [-0.2, -0.15) is 17.9 Å². The number of benzene rings is 2. The number of aromatic nitrogens is 1. The molecule has 3 aromatic rings. The molecule has 0 N–H and O–H groups in total. The van der Waals surface area contributed by atoms with Crippen LogP contribution in [0.1, 0.15) is 35.5 Å². The Morgan fingerprint density at radius 3 is 2.48 bits per heavy atom. The highest BCUT2D eigenvalue weighted by Crippen LogP contribution is 2.35. The van der Waals surface area contributed by atoms with Crippen molar-refractivity contribution in [3.63, 3.8) is 0 Å². The summed E-state index contributed by atoms with van der Waals surface area (Å²) in [6.07, 6.45) is -4.84. The highest BCUT2D eigenvalue weighted by molar-refractivity contribution is 5.95. The number of hydrogen-bond acceptors (Lipinski definition) is 4. The topological polar surface area (TPSA) is 49.7 Å². The fourth-order valence-electron chi connectivity index (χ4n) is 2.94. The van der Waals surface area contributed by atoms with Crippen molar-refractivity contribution in [1.82, 2.24) is 4.73 Å². The average Bonchev–Trinajstić information content (AvgIpc) is 3.03. The van der Waals surface area contributed by atoms with Gasteiger partial charge in [-0.1, -0.05) is 24.3 Å². The van der Waals surface area contributed by atoms with Gasteiger partial charge in [-0.05, 0) is 38.1 Å². The zero-order chi connectivity index (χ0) is 21.2. The van der Waals surface area contributed by atoms with Crippen LogP contribution in [-0.4, -0.2) is 23.9 Å². The maximum absolute atomic E-state index is 13.6. The molecule has 0 radical (unpaired) electrons. The van der Waals surface area contributed by atoms with Crippen molar-refractivity contribution >= 4 is 16.9 Å². The van der Waals surface area contributed by atoms with Crippen molar-refractivity contribution in [2.24, 2.45) is 0 Å². The van der Waals surface area contributed by atoms with Crippen LogP contribution in [0.25, 0.3) is 10.9 Å². The minimum atomic E-state index is -4.58. The highest BCUT2D eigenvalue weighted by atomic mass is 19.4. The van der Waals surface area contributed by atoms with Crippen LogP contribution in [0.15, 0.2) is 48.5 Å². The first-order valence-electron chi connectivity index (χ1n) is 8.89. The summed E-state index contributed by atoms with van der Waals surface area (Å²) in [6, 6.07) is 12.3. The van der Waals surface area contributed by atoms with Gasteiger partial charge in [0, 0.05) is 10.9 Å². The molecule has 1 aromatic heterocycles. The van der Waals surface area contributed by atoms with E-state index in [4.69, 9.17) is 14.3 Å². The lowest BCUT2D eigenvalue weighted by Crippen LogP contribution is -2.20. The Kier molecular flexibility index (Phi) is 5.72. The molecule has 154 valence electrons. The van der Waals surface area contributed by atoms with Crippen molar-refractivity contribution in [2.45, 2.75) is 32.7 Å². The van der Waals surface area contributed by atoms with Gasteiger partial charge in [-0.3, -0.25) is 0 Å². The van der Waals surface area contributed by atoms with E-state index in [2.05, 4.69) is 0 Å². The van der Waals surface area contributed by atoms with Crippen molar-refractivity contribution in [3.8, 4) is 5.75 Å². The van der Waals surface area contributed by atoms with Gasteiger partial charge in [0.2, 0.25) is 0 Å². The third-order valence-corrected chi connectivity index (χ3v) is 4.17. The van der Waals surface area contributed by atoms with Crippen LogP contribution < -0.4 is 9.57 Å². The molecule has 0 saturated carbocycles. The quantitative estimate of drug-likeness (QED) is 0.548. The van der Waals surface area contributed by atoms with Gasteiger partial charge in [0.25, 0.3) is 0 Å². The third-order valence-electron chi connectivity index (χ3n) is 4.17. The second-order valence-corrected chi connectivity index (χ2v) is 6.63. The van der Waals surface area contributed by atoms with Gasteiger partial charge >= 0.3 is 12.1 Å². The number of fused-ring (bicyclic) bond motifs is 1. The Bertz CT molecular complexity index is 1020. The number of para-hydroxylation sites is 1. The molecule has 0 aliphatic carbocycles. The van der Waals surface area contributed by atoms with Crippen molar-refractivity contribution in [2.75, 3.05) is 7.11 Å². The summed E-state index contributed by atoms with van der Waals surface area (Å²) in [6.45, 7) is 3.06. The van der Waals surface area contributed by atoms with Gasteiger partial charge in [0.05, 0.1) is 24.3 Å². The number of nitrogens with zero attached hydrogens (tertiary/aromatic N) is 1. The molecule has 0 aliphatic rings. The predicted octanol–water partition coefficient (Wildman–Crippen LogP) is 4.86. The fourth-order valence-corrected chi connectivity index (χ4v) is 2.94. The molecule has 8 heteroatoms. The molecule has 0 fully saturated rings. The second kappa shape index (κ2) is 8.06. The van der Waals surface area contributed by atoms with E-state index in [9.17, 15) is 18.0 Å². The van der Waals surface area contributed by atoms with Crippen molar-refractivity contribution < 1.29 is 32.3 Å². The molecule has 0 saturated heterocycles. The number of halogens is 3. The van der Waals surface area contributed by atoms with E-state index >= 15 is 0 Å². The normalized spacial score (nSPS) is 11.7. The predicted molar refractivity (Wildman–Crippen MR) is 101 cm³/mol. The van der Waals surface area contributed by atoms with Crippen LogP contribution in [0, 0.1) is 0 Å². The van der Waals surface area contributed by atoms with Crippen molar-refractivity contribution in [3.05, 3.63) is 65.4 Å². The van der Waals surface area contributed by atoms with E-state index in [-0.39, 0.29) is 23.1 Å². The zero-order valence-electron chi connectivity index (χ0n) is 16.1. The Balaban J connectivity index is 1.97. The Hall–Kier alpha value is -3.16. The lowest BCUT2D eigenvalue weighted by molar-refractivity contribution is -0.139. The SMILES string of the molecule is COC(=O)c1cc2ccccc2n1OCc1ccc(OC(C)C)cc1C(F)(F)F. The monoisotopic (exact) mass is 407 g/mol. The summed E-state index contributed by atoms with van der Waals surface area (Å²) in [7, 11) is 1.22. The molecule has 1 heterocycles. The molecule has 0 atom stereocenters. The average molecular weight is 407 g/mol. The lowest BCUT2D eigenvalue weighted by Gasteiger charge is -2.17. The molecule has 5 nitrogen and oxygen atoms in total. The number of esters is 1. The molecule has 0 amide bonds. The number of carbonyl (C=O) groups is 1. The first-order chi connectivity index (χ1) is 13.7. The molecule has 0 unspecified atom stereocenters. The summed E-state index contributed by atoms with van der Waals surface area (Å²) in [5, 5.41) is 0.699. The number of hydrogen-bond donors (Lipinski definition) is 0. The summed E-state index contributed by atoms with van der Waals surface area (Å²) in [5.41, 5.74) is -0.308. The van der Waals surface area contributed by atoms with Crippen LogP contribution in [0.5, 0.6) is 5.75 Å². The molecule has 0 aliphatic heterocycles. The third kappa shape index (κ3) is 4.47. The number of ether oxygens (including phenoxy) is 2. The Morgan fingerprint density at radius 2 is 1.83 bits per heavy atom. The summed E-state index contributed by atoms with van der Waals surface area (Å²) < 4.78 is 52.0. The highest BCUT2D eigenvalue weighted by Gasteiger charge is 2.34. The van der Waals surface area contributed by atoms with Crippen LogP contribution >= 0.6 is 0 Å². The van der Waals surface area contributed by atoms with Gasteiger partial charge in [0.15, 0.2) is 5.69 Å². The van der Waals surface area contributed by atoms with Gasteiger partial charge < -0.3 is 14.3 Å². The largest absolute Gasteiger partial charge is 0.491 e. The molecule has 3 rings (SSSR count). The first-order valence-corrected chi connectivity index (χ1v) is 8.89. The van der Waals surface area contributed by atoms with E-state index in [1.165, 1.54) is 24.0 Å². The maximum Gasteiger partial charge on any atom is 0.416 e. The van der Waals surface area contributed by atoms with Crippen LogP contribution in [0.4, 0.5) is 13.2 Å². The molecular formula is C21H20F3NO4. The molecule has 2 aromatic carbocycles. The van der Waals surface area contributed by atoms with Crippen LogP contribution in [-0.2, 0) is 17.5 Å².